The number of hydrogen-bond acceptors (Lipinski definition) is 3. The highest BCUT2D eigenvalue weighted by molar-refractivity contribution is 5.00. The van der Waals surface area contributed by atoms with E-state index in [9.17, 15) is 0 Å². The van der Waals surface area contributed by atoms with Crippen molar-refractivity contribution in [2.75, 3.05) is 19.8 Å². The molecular weight excluding hydrogens is 264 g/mol. The molecule has 0 aliphatic rings. The van der Waals surface area contributed by atoms with Crippen LogP contribution in [0.3, 0.4) is 0 Å². The molecule has 0 bridgehead atoms. The topological polar surface area (TPSA) is 60.7 Å². The molecule has 0 spiro atoms. The third-order valence-electron chi connectivity index (χ3n) is 3.54. The summed E-state index contributed by atoms with van der Waals surface area (Å²) in [6, 6.07) is 0. The molecule has 0 aliphatic carbocycles. The maximum atomic E-state index is 8.90. The van der Waals surface area contributed by atoms with E-state index in [2.05, 4.69) is 38.2 Å². The SMILES string of the molecule is CC(C=CCCO)CC(C=CCCCO)C(C)C=CCO. The fraction of sp³-hybridized carbons (Fsp3) is 0.667. The van der Waals surface area contributed by atoms with Crippen LogP contribution in [0.2, 0.25) is 0 Å². The molecule has 0 amide bonds. The molecule has 122 valence electrons. The fourth-order valence-electron chi connectivity index (χ4n) is 2.28. The third-order valence-corrected chi connectivity index (χ3v) is 3.54. The lowest BCUT2D eigenvalue weighted by atomic mass is 9.85. The molecule has 3 unspecified atom stereocenters. The van der Waals surface area contributed by atoms with Gasteiger partial charge >= 0.3 is 0 Å². The largest absolute Gasteiger partial charge is 0.396 e. The Balaban J connectivity index is 4.55. The Bertz CT molecular complexity index is 308. The summed E-state index contributed by atoms with van der Waals surface area (Å²) >= 11 is 0. The summed E-state index contributed by atoms with van der Waals surface area (Å²) in [6.07, 6.45) is 15.9. The van der Waals surface area contributed by atoms with Gasteiger partial charge in [-0.05, 0) is 43.4 Å². The van der Waals surface area contributed by atoms with Gasteiger partial charge in [-0.1, -0.05) is 50.3 Å². The number of aliphatic hydroxyl groups excluding tert-OH is 3. The molecule has 0 aromatic carbocycles. The highest BCUT2D eigenvalue weighted by Gasteiger charge is 2.14. The second kappa shape index (κ2) is 14.1. The predicted molar refractivity (Wildman–Crippen MR) is 89.0 cm³/mol. The molecule has 3 nitrogen and oxygen atoms in total. The average Bonchev–Trinajstić information content (AvgIpc) is 2.48. The molecule has 0 radical (unpaired) electrons. The first-order valence-electron chi connectivity index (χ1n) is 7.98. The highest BCUT2D eigenvalue weighted by atomic mass is 16.3. The van der Waals surface area contributed by atoms with Crippen LogP contribution in [0.25, 0.3) is 0 Å². The maximum Gasteiger partial charge on any atom is 0.0612 e. The Labute approximate surface area is 129 Å². The summed E-state index contributed by atoms with van der Waals surface area (Å²) in [4.78, 5) is 0. The van der Waals surface area contributed by atoms with Crippen molar-refractivity contribution in [1.82, 2.24) is 0 Å². The second-order valence-electron chi connectivity index (χ2n) is 5.58. The van der Waals surface area contributed by atoms with E-state index in [0.717, 1.165) is 19.3 Å². The van der Waals surface area contributed by atoms with E-state index in [1.807, 2.05) is 6.08 Å². The van der Waals surface area contributed by atoms with Crippen LogP contribution in [0.4, 0.5) is 0 Å². The lowest BCUT2D eigenvalue weighted by Crippen LogP contribution is -2.11. The number of rotatable bonds is 12. The van der Waals surface area contributed by atoms with Gasteiger partial charge in [0.1, 0.15) is 0 Å². The van der Waals surface area contributed by atoms with E-state index < -0.39 is 0 Å². The zero-order valence-electron chi connectivity index (χ0n) is 13.5. The fourth-order valence-corrected chi connectivity index (χ4v) is 2.28. The number of unbranched alkanes of at least 4 members (excludes halogenated alkanes) is 1. The summed E-state index contributed by atoms with van der Waals surface area (Å²) in [5.41, 5.74) is 0. The average molecular weight is 296 g/mol. The standard InChI is InChI=1S/C18H32O3/c1-16(9-5-7-13-20)15-18(11-4-3-6-12-19)17(2)10-8-14-21/h4-5,8-11,16-21H,3,6-7,12-15H2,1-2H3. The molecule has 0 rings (SSSR count). The Morgan fingerprint density at radius 2 is 1.52 bits per heavy atom. The molecule has 0 aliphatic heterocycles. The van der Waals surface area contributed by atoms with Gasteiger partial charge in [0.15, 0.2) is 0 Å². The van der Waals surface area contributed by atoms with Gasteiger partial charge in [-0.25, -0.2) is 0 Å². The van der Waals surface area contributed by atoms with Crippen LogP contribution in [0.5, 0.6) is 0 Å². The van der Waals surface area contributed by atoms with Gasteiger partial charge in [0.05, 0.1) is 6.61 Å². The molecular formula is C18H32O3. The predicted octanol–water partition coefficient (Wildman–Crippen LogP) is 3.08. The van der Waals surface area contributed by atoms with Crippen LogP contribution in [-0.4, -0.2) is 35.1 Å². The van der Waals surface area contributed by atoms with Crippen molar-refractivity contribution in [1.29, 1.82) is 0 Å². The molecule has 0 aromatic heterocycles. The summed E-state index contributed by atoms with van der Waals surface area (Å²) < 4.78 is 0. The van der Waals surface area contributed by atoms with Crippen molar-refractivity contribution in [2.24, 2.45) is 17.8 Å². The Morgan fingerprint density at radius 1 is 0.810 bits per heavy atom. The van der Waals surface area contributed by atoms with Gasteiger partial charge in [0, 0.05) is 13.2 Å². The van der Waals surface area contributed by atoms with Gasteiger partial charge in [-0.3, -0.25) is 0 Å². The van der Waals surface area contributed by atoms with Gasteiger partial charge in [0.25, 0.3) is 0 Å². The third kappa shape index (κ3) is 11.4. The van der Waals surface area contributed by atoms with Crippen molar-refractivity contribution >= 4 is 0 Å². The molecule has 3 atom stereocenters. The van der Waals surface area contributed by atoms with Gasteiger partial charge in [-0.2, -0.15) is 0 Å². The Hall–Kier alpha value is -0.900. The first-order valence-corrected chi connectivity index (χ1v) is 7.98. The zero-order chi connectivity index (χ0) is 15.9. The van der Waals surface area contributed by atoms with Gasteiger partial charge in [0.2, 0.25) is 0 Å². The van der Waals surface area contributed by atoms with Crippen LogP contribution in [0.15, 0.2) is 36.5 Å². The van der Waals surface area contributed by atoms with Crippen LogP contribution in [-0.2, 0) is 0 Å². The Kier molecular flexibility index (Phi) is 13.5. The van der Waals surface area contributed by atoms with E-state index in [1.54, 1.807) is 6.08 Å². The summed E-state index contributed by atoms with van der Waals surface area (Å²) in [7, 11) is 0. The summed E-state index contributed by atoms with van der Waals surface area (Å²) in [5.74, 6) is 1.24. The van der Waals surface area contributed by atoms with Crippen LogP contribution in [0.1, 0.15) is 39.5 Å². The molecule has 3 heteroatoms. The van der Waals surface area contributed by atoms with Crippen LogP contribution in [0, 0.1) is 17.8 Å². The first-order chi connectivity index (χ1) is 10.2. The first kappa shape index (κ1) is 20.1. The molecule has 0 saturated carbocycles. The second-order valence-corrected chi connectivity index (χ2v) is 5.58. The lowest BCUT2D eigenvalue weighted by Gasteiger charge is -2.20. The minimum atomic E-state index is 0.0806. The molecule has 3 N–H and O–H groups in total. The lowest BCUT2D eigenvalue weighted by molar-refractivity contribution is 0.289. The van der Waals surface area contributed by atoms with E-state index in [-0.39, 0.29) is 19.8 Å². The summed E-state index contributed by atoms with van der Waals surface area (Å²) in [6.45, 7) is 4.86. The van der Waals surface area contributed by atoms with Gasteiger partial charge in [-0.15, -0.1) is 0 Å². The van der Waals surface area contributed by atoms with E-state index in [4.69, 9.17) is 15.3 Å². The van der Waals surface area contributed by atoms with Crippen molar-refractivity contribution in [2.45, 2.75) is 39.5 Å². The monoisotopic (exact) mass is 296 g/mol. The molecule has 0 heterocycles. The molecule has 0 aromatic rings. The molecule has 21 heavy (non-hydrogen) atoms. The van der Waals surface area contributed by atoms with E-state index >= 15 is 0 Å². The zero-order valence-corrected chi connectivity index (χ0v) is 13.5. The molecule has 0 saturated heterocycles. The number of hydrogen-bond donors (Lipinski definition) is 3. The molecule has 0 fully saturated rings. The minimum Gasteiger partial charge on any atom is -0.396 e. The smallest absolute Gasteiger partial charge is 0.0612 e. The van der Waals surface area contributed by atoms with Crippen molar-refractivity contribution in [3.63, 3.8) is 0 Å². The van der Waals surface area contributed by atoms with Crippen LogP contribution >= 0.6 is 0 Å². The van der Waals surface area contributed by atoms with Crippen LogP contribution < -0.4 is 0 Å². The normalized spacial score (nSPS) is 17.0. The van der Waals surface area contributed by atoms with Crippen molar-refractivity contribution < 1.29 is 15.3 Å². The quantitative estimate of drug-likeness (QED) is 0.383. The summed E-state index contributed by atoms with van der Waals surface area (Å²) in [5, 5.41) is 26.5. The van der Waals surface area contributed by atoms with E-state index in [1.165, 1.54) is 0 Å². The van der Waals surface area contributed by atoms with Gasteiger partial charge < -0.3 is 15.3 Å². The maximum absolute atomic E-state index is 8.90. The number of allylic oxidation sites excluding steroid dienone is 4. The highest BCUT2D eigenvalue weighted by Crippen LogP contribution is 2.24. The van der Waals surface area contributed by atoms with E-state index in [0.29, 0.717) is 24.2 Å². The van der Waals surface area contributed by atoms with Crippen molar-refractivity contribution in [3.8, 4) is 0 Å². The Morgan fingerprint density at radius 3 is 2.14 bits per heavy atom. The number of aliphatic hydroxyl groups is 3. The van der Waals surface area contributed by atoms with Crippen molar-refractivity contribution in [3.05, 3.63) is 36.5 Å². The minimum absolute atomic E-state index is 0.0806.